The van der Waals surface area contributed by atoms with Crippen LogP contribution in [0.25, 0.3) is 5.69 Å². The highest BCUT2D eigenvalue weighted by Crippen LogP contribution is 2.35. The van der Waals surface area contributed by atoms with E-state index in [1.807, 2.05) is 0 Å². The lowest BCUT2D eigenvalue weighted by Crippen LogP contribution is -2.00. The summed E-state index contributed by atoms with van der Waals surface area (Å²) >= 11 is 6.91. The van der Waals surface area contributed by atoms with Crippen molar-refractivity contribution in [3.05, 3.63) is 63.2 Å². The Labute approximate surface area is 150 Å². The van der Waals surface area contributed by atoms with E-state index in [0.29, 0.717) is 20.8 Å². The SMILES string of the molecule is CC(=O)c1ccc(Sc2nnnn2-c2ccc(Cl)cc2)c([N+](=O)[O-])c1. The maximum absolute atomic E-state index is 11.4. The predicted octanol–water partition coefficient (Wildman–Crippen LogP) is 3.58. The van der Waals surface area contributed by atoms with Crippen molar-refractivity contribution >= 4 is 34.8 Å². The molecule has 8 nitrogen and oxygen atoms in total. The first-order chi connectivity index (χ1) is 12.0. The molecule has 0 spiro atoms. The van der Waals surface area contributed by atoms with Gasteiger partial charge in [0.25, 0.3) is 5.69 Å². The Morgan fingerprint density at radius 2 is 1.96 bits per heavy atom. The van der Waals surface area contributed by atoms with Gasteiger partial charge in [-0.3, -0.25) is 14.9 Å². The van der Waals surface area contributed by atoms with Gasteiger partial charge in [0.2, 0.25) is 5.16 Å². The van der Waals surface area contributed by atoms with Gasteiger partial charge >= 0.3 is 0 Å². The molecule has 0 bridgehead atoms. The molecule has 0 atom stereocenters. The lowest BCUT2D eigenvalue weighted by atomic mass is 10.1. The van der Waals surface area contributed by atoms with Crippen molar-refractivity contribution in [2.45, 2.75) is 17.0 Å². The molecule has 1 aromatic heterocycles. The van der Waals surface area contributed by atoms with Crippen molar-refractivity contribution in [3.8, 4) is 5.69 Å². The zero-order chi connectivity index (χ0) is 18.0. The molecule has 0 unspecified atom stereocenters. The Morgan fingerprint density at radius 1 is 1.24 bits per heavy atom. The van der Waals surface area contributed by atoms with Crippen LogP contribution in [-0.4, -0.2) is 30.9 Å². The largest absolute Gasteiger partial charge is 0.295 e. The first-order valence-electron chi connectivity index (χ1n) is 6.97. The topological polar surface area (TPSA) is 104 Å². The number of halogens is 1. The highest BCUT2D eigenvalue weighted by molar-refractivity contribution is 7.99. The number of hydrogen-bond acceptors (Lipinski definition) is 7. The number of aromatic nitrogens is 4. The molecular formula is C15H10ClN5O3S. The summed E-state index contributed by atoms with van der Waals surface area (Å²) in [6, 6.07) is 11.1. The summed E-state index contributed by atoms with van der Waals surface area (Å²) in [4.78, 5) is 22.6. The van der Waals surface area contributed by atoms with Gasteiger partial charge in [0.15, 0.2) is 5.78 Å². The van der Waals surface area contributed by atoms with Crippen LogP contribution in [0.4, 0.5) is 5.69 Å². The van der Waals surface area contributed by atoms with Crippen LogP contribution in [0, 0.1) is 10.1 Å². The maximum atomic E-state index is 11.4. The smallest absolute Gasteiger partial charge is 0.284 e. The maximum Gasteiger partial charge on any atom is 0.284 e. The lowest BCUT2D eigenvalue weighted by molar-refractivity contribution is -0.387. The number of ketones is 1. The number of Topliss-reactive ketones (excluding diaryl/α,β-unsaturated/α-hetero) is 1. The number of nitrogens with zero attached hydrogens (tertiary/aromatic N) is 5. The first kappa shape index (κ1) is 17.1. The average molecular weight is 376 g/mol. The second-order valence-electron chi connectivity index (χ2n) is 4.95. The molecule has 3 rings (SSSR count). The number of tetrazole rings is 1. The summed E-state index contributed by atoms with van der Waals surface area (Å²) in [5, 5.41) is 23.7. The molecular weight excluding hydrogens is 366 g/mol. The van der Waals surface area contributed by atoms with Crippen LogP contribution in [0.1, 0.15) is 17.3 Å². The van der Waals surface area contributed by atoms with E-state index in [9.17, 15) is 14.9 Å². The molecule has 10 heteroatoms. The van der Waals surface area contributed by atoms with Gasteiger partial charge in [-0.2, -0.15) is 4.68 Å². The fraction of sp³-hybridized carbons (Fsp3) is 0.0667. The Balaban J connectivity index is 1.99. The molecule has 0 aliphatic rings. The second kappa shape index (κ2) is 6.99. The van der Waals surface area contributed by atoms with E-state index in [1.165, 1.54) is 29.8 Å². The van der Waals surface area contributed by atoms with Crippen molar-refractivity contribution in [1.82, 2.24) is 20.2 Å². The standard InChI is InChI=1S/C15H10ClN5O3S/c1-9(22)10-2-7-14(13(8-10)21(23)24)25-15-17-18-19-20(15)12-5-3-11(16)4-6-12/h2-8H,1H3. The number of nitro groups is 1. The Morgan fingerprint density at radius 3 is 2.60 bits per heavy atom. The quantitative estimate of drug-likeness (QED) is 0.381. The third-order valence-electron chi connectivity index (χ3n) is 3.28. The lowest BCUT2D eigenvalue weighted by Gasteiger charge is -2.06. The third kappa shape index (κ3) is 3.67. The van der Waals surface area contributed by atoms with E-state index >= 15 is 0 Å². The molecule has 2 aromatic carbocycles. The average Bonchev–Trinajstić information content (AvgIpc) is 3.03. The first-order valence-corrected chi connectivity index (χ1v) is 8.16. The van der Waals surface area contributed by atoms with E-state index < -0.39 is 4.92 Å². The van der Waals surface area contributed by atoms with Gasteiger partial charge in [-0.25, -0.2) is 0 Å². The van der Waals surface area contributed by atoms with Crippen molar-refractivity contribution in [3.63, 3.8) is 0 Å². The number of rotatable bonds is 5. The summed E-state index contributed by atoms with van der Waals surface area (Å²) < 4.78 is 1.45. The summed E-state index contributed by atoms with van der Waals surface area (Å²) in [5.41, 5.74) is 0.761. The van der Waals surface area contributed by atoms with Crippen LogP contribution in [-0.2, 0) is 0 Å². The summed E-state index contributed by atoms with van der Waals surface area (Å²) in [6.07, 6.45) is 0. The molecule has 0 fully saturated rings. The van der Waals surface area contributed by atoms with E-state index in [1.54, 1.807) is 24.3 Å². The Bertz CT molecular complexity index is 958. The fourth-order valence-corrected chi connectivity index (χ4v) is 3.05. The summed E-state index contributed by atoms with van der Waals surface area (Å²) in [6.45, 7) is 1.35. The zero-order valence-corrected chi connectivity index (χ0v) is 14.4. The third-order valence-corrected chi connectivity index (χ3v) is 4.53. The van der Waals surface area contributed by atoms with Crippen LogP contribution >= 0.6 is 23.4 Å². The van der Waals surface area contributed by atoms with Crippen LogP contribution in [0.3, 0.4) is 0 Å². The van der Waals surface area contributed by atoms with Gasteiger partial charge < -0.3 is 0 Å². The number of hydrogen-bond donors (Lipinski definition) is 0. The Kier molecular flexibility index (Phi) is 4.77. The van der Waals surface area contributed by atoms with E-state index in [4.69, 9.17) is 11.6 Å². The molecule has 0 saturated heterocycles. The molecule has 0 radical (unpaired) electrons. The van der Waals surface area contributed by atoms with Gasteiger partial charge in [-0.1, -0.05) is 11.6 Å². The number of carbonyl (C=O) groups excluding carboxylic acids is 1. The van der Waals surface area contributed by atoms with Crippen LogP contribution in [0.15, 0.2) is 52.5 Å². The molecule has 0 aliphatic heterocycles. The van der Waals surface area contributed by atoms with E-state index in [-0.39, 0.29) is 17.0 Å². The number of nitro benzene ring substituents is 1. The van der Waals surface area contributed by atoms with Gasteiger partial charge in [-0.15, -0.1) is 5.10 Å². The molecule has 0 aliphatic carbocycles. The molecule has 0 amide bonds. The fourth-order valence-electron chi connectivity index (χ4n) is 2.05. The zero-order valence-electron chi connectivity index (χ0n) is 12.8. The number of carbonyl (C=O) groups is 1. The van der Waals surface area contributed by atoms with Crippen molar-refractivity contribution in [2.75, 3.05) is 0 Å². The van der Waals surface area contributed by atoms with Crippen molar-refractivity contribution < 1.29 is 9.72 Å². The van der Waals surface area contributed by atoms with Crippen molar-refractivity contribution in [1.29, 1.82) is 0 Å². The molecule has 3 aromatic rings. The Hall–Kier alpha value is -2.78. The molecule has 25 heavy (non-hydrogen) atoms. The summed E-state index contributed by atoms with van der Waals surface area (Å²) in [5.74, 6) is -0.245. The van der Waals surface area contributed by atoms with Gasteiger partial charge in [0.1, 0.15) is 0 Å². The minimum atomic E-state index is -0.537. The minimum absolute atomic E-state index is 0.177. The van der Waals surface area contributed by atoms with E-state index in [0.717, 1.165) is 11.8 Å². The predicted molar refractivity (Wildman–Crippen MR) is 91.4 cm³/mol. The van der Waals surface area contributed by atoms with Gasteiger partial charge in [0, 0.05) is 16.7 Å². The van der Waals surface area contributed by atoms with Gasteiger partial charge in [-0.05, 0) is 65.5 Å². The number of benzene rings is 2. The van der Waals surface area contributed by atoms with Crippen molar-refractivity contribution in [2.24, 2.45) is 0 Å². The highest BCUT2D eigenvalue weighted by atomic mass is 35.5. The van der Waals surface area contributed by atoms with E-state index in [2.05, 4.69) is 15.5 Å². The van der Waals surface area contributed by atoms with Crippen LogP contribution in [0.2, 0.25) is 5.02 Å². The molecule has 0 saturated carbocycles. The molecule has 126 valence electrons. The van der Waals surface area contributed by atoms with Gasteiger partial charge in [0.05, 0.1) is 15.5 Å². The summed E-state index contributed by atoms with van der Waals surface area (Å²) in [7, 11) is 0. The normalized spacial score (nSPS) is 10.6. The monoisotopic (exact) mass is 375 g/mol. The molecule has 0 N–H and O–H groups in total. The van der Waals surface area contributed by atoms with Crippen LogP contribution in [0.5, 0.6) is 0 Å². The minimum Gasteiger partial charge on any atom is -0.295 e. The van der Waals surface area contributed by atoms with Crippen LogP contribution < -0.4 is 0 Å². The highest BCUT2D eigenvalue weighted by Gasteiger charge is 2.20. The second-order valence-corrected chi connectivity index (χ2v) is 6.39. The molecule has 1 heterocycles.